The number of alkyl carbamates (subject to hydrolysis) is 1. The molecular formula is C21H23Cl3N2O5. The fourth-order valence-electron chi connectivity index (χ4n) is 3.39. The number of hydrogen-bond acceptors (Lipinski definition) is 6. The molecule has 0 saturated heterocycles. The molecule has 1 aromatic heterocycles. The lowest BCUT2D eigenvalue weighted by molar-refractivity contribution is 0.0317. The van der Waals surface area contributed by atoms with Crippen molar-refractivity contribution in [3.05, 3.63) is 38.5 Å². The molecule has 0 radical (unpaired) electrons. The average Bonchev–Trinajstić information content (AvgIpc) is 3.00. The molecular weight excluding hydrogens is 467 g/mol. The van der Waals surface area contributed by atoms with Crippen molar-refractivity contribution in [1.29, 1.82) is 0 Å². The number of carbonyl (C=O) groups excluding carboxylic acids is 2. The summed E-state index contributed by atoms with van der Waals surface area (Å²) in [5.41, 5.74) is -1.17. The Hall–Kier alpha value is -1.96. The molecule has 2 aromatic rings. The molecule has 1 amide bonds. The predicted molar refractivity (Wildman–Crippen MR) is 118 cm³/mol. The van der Waals surface area contributed by atoms with Crippen LogP contribution in [0.5, 0.6) is 0 Å². The number of nitrogens with zero attached hydrogens (tertiary/aromatic N) is 1. The molecule has 0 aliphatic heterocycles. The molecule has 3 rings (SSSR count). The smallest absolute Gasteiger partial charge is 0.408 e. The maximum atomic E-state index is 12.9. The van der Waals surface area contributed by atoms with E-state index in [-0.39, 0.29) is 39.2 Å². The Labute approximate surface area is 195 Å². The molecule has 0 unspecified atom stereocenters. The topological polar surface area (TPSA) is 90.7 Å². The third-order valence-electron chi connectivity index (χ3n) is 4.80. The van der Waals surface area contributed by atoms with Gasteiger partial charge in [-0.05, 0) is 59.1 Å². The van der Waals surface area contributed by atoms with Crippen LogP contribution in [0.2, 0.25) is 15.1 Å². The van der Waals surface area contributed by atoms with Crippen molar-refractivity contribution in [2.45, 2.75) is 58.1 Å². The number of amides is 1. The molecule has 0 bridgehead atoms. The van der Waals surface area contributed by atoms with E-state index in [0.29, 0.717) is 17.9 Å². The Morgan fingerprint density at radius 3 is 2.29 bits per heavy atom. The van der Waals surface area contributed by atoms with E-state index >= 15 is 0 Å². The third-order valence-corrected chi connectivity index (χ3v) is 5.61. The molecule has 7 nitrogen and oxygen atoms in total. The Morgan fingerprint density at radius 1 is 1.19 bits per heavy atom. The zero-order chi connectivity index (χ0) is 23.0. The highest BCUT2D eigenvalue weighted by atomic mass is 35.5. The minimum Gasteiger partial charge on any atom is -0.462 e. The summed E-state index contributed by atoms with van der Waals surface area (Å²) in [6.45, 7) is 7.12. The van der Waals surface area contributed by atoms with Gasteiger partial charge in [-0.25, -0.2) is 9.59 Å². The number of esters is 1. The van der Waals surface area contributed by atoms with Crippen molar-refractivity contribution >= 4 is 46.9 Å². The van der Waals surface area contributed by atoms with Gasteiger partial charge in [0.25, 0.3) is 0 Å². The fraction of sp³-hybridized carbons (Fsp3) is 0.476. The van der Waals surface area contributed by atoms with Crippen molar-refractivity contribution in [2.75, 3.05) is 6.61 Å². The highest BCUT2D eigenvalue weighted by Gasteiger charge is 2.48. The molecule has 1 aromatic carbocycles. The number of nitrogens with one attached hydrogen (secondary N) is 1. The molecule has 10 heteroatoms. The summed E-state index contributed by atoms with van der Waals surface area (Å²) in [5.74, 6) is -0.478. The normalized spacial score (nSPS) is 15.2. The minimum absolute atomic E-state index is 0.0590. The van der Waals surface area contributed by atoms with Gasteiger partial charge >= 0.3 is 12.1 Å². The first-order valence-electron chi connectivity index (χ1n) is 9.81. The van der Waals surface area contributed by atoms with Gasteiger partial charge in [0.05, 0.1) is 16.7 Å². The van der Waals surface area contributed by atoms with Gasteiger partial charge in [-0.2, -0.15) is 0 Å². The van der Waals surface area contributed by atoms with E-state index < -0.39 is 23.2 Å². The van der Waals surface area contributed by atoms with E-state index in [2.05, 4.69) is 10.5 Å². The predicted octanol–water partition coefficient (Wildman–Crippen LogP) is 6.38. The molecule has 168 valence electrons. The Bertz CT molecular complexity index is 986. The summed E-state index contributed by atoms with van der Waals surface area (Å²) in [5, 5.41) is 7.68. The SMILES string of the molecule is CCOC(=O)c1c(-c2c(Cl)cc(Cl)cc2Cl)noc1C1(NC(=O)OC(C)(C)C)CCC1. The van der Waals surface area contributed by atoms with Crippen LogP contribution in [0.4, 0.5) is 4.79 Å². The van der Waals surface area contributed by atoms with E-state index in [1.807, 2.05) is 0 Å². The van der Waals surface area contributed by atoms with Gasteiger partial charge in [0.2, 0.25) is 0 Å². The van der Waals surface area contributed by atoms with Crippen LogP contribution in [0.3, 0.4) is 0 Å². The standard InChI is InChI=1S/C21H23Cl3N2O5/c1-5-29-18(27)15-16(14-12(23)9-11(22)10-13(14)24)26-31-17(15)21(7-6-8-21)25-19(28)30-20(2,3)4/h9-10H,5-8H2,1-4H3,(H,25,28). The summed E-state index contributed by atoms with van der Waals surface area (Å²) in [6, 6.07) is 2.98. The monoisotopic (exact) mass is 488 g/mol. The lowest BCUT2D eigenvalue weighted by Crippen LogP contribution is -2.52. The molecule has 0 atom stereocenters. The number of rotatable bonds is 5. The summed E-state index contributed by atoms with van der Waals surface area (Å²) in [6.07, 6.45) is 1.27. The van der Waals surface area contributed by atoms with Crippen molar-refractivity contribution in [3.8, 4) is 11.3 Å². The van der Waals surface area contributed by atoms with Gasteiger partial charge < -0.3 is 19.3 Å². The summed E-state index contributed by atoms with van der Waals surface area (Å²) < 4.78 is 16.3. The van der Waals surface area contributed by atoms with Crippen LogP contribution < -0.4 is 5.32 Å². The number of aromatic nitrogens is 1. The van der Waals surface area contributed by atoms with Crippen molar-refractivity contribution < 1.29 is 23.6 Å². The molecule has 1 N–H and O–H groups in total. The highest BCUT2D eigenvalue weighted by molar-refractivity contribution is 6.42. The Balaban J connectivity index is 2.11. The van der Waals surface area contributed by atoms with E-state index in [1.54, 1.807) is 27.7 Å². The number of ether oxygens (including phenoxy) is 2. The molecule has 1 aliphatic carbocycles. The van der Waals surface area contributed by atoms with Crippen LogP contribution in [0.15, 0.2) is 16.7 Å². The van der Waals surface area contributed by atoms with Gasteiger partial charge in [0, 0.05) is 10.6 Å². The number of benzene rings is 1. The molecule has 31 heavy (non-hydrogen) atoms. The summed E-state index contributed by atoms with van der Waals surface area (Å²) >= 11 is 18.7. The van der Waals surface area contributed by atoms with Crippen LogP contribution in [-0.4, -0.2) is 29.4 Å². The summed E-state index contributed by atoms with van der Waals surface area (Å²) in [7, 11) is 0. The molecule has 1 heterocycles. The number of halogens is 3. The quantitative estimate of drug-likeness (QED) is 0.490. The van der Waals surface area contributed by atoms with Crippen molar-refractivity contribution in [1.82, 2.24) is 10.5 Å². The Kier molecular flexibility index (Phi) is 6.79. The Morgan fingerprint density at radius 2 is 1.81 bits per heavy atom. The first kappa shape index (κ1) is 23.7. The molecule has 1 fully saturated rings. The zero-order valence-electron chi connectivity index (χ0n) is 17.6. The molecule has 0 spiro atoms. The van der Waals surface area contributed by atoms with E-state index in [4.69, 9.17) is 48.8 Å². The first-order valence-corrected chi connectivity index (χ1v) is 10.9. The number of hydrogen-bond donors (Lipinski definition) is 1. The van der Waals surface area contributed by atoms with E-state index in [9.17, 15) is 9.59 Å². The van der Waals surface area contributed by atoms with Crippen LogP contribution in [0, 0.1) is 0 Å². The van der Waals surface area contributed by atoms with Crippen molar-refractivity contribution in [3.63, 3.8) is 0 Å². The van der Waals surface area contributed by atoms with Gasteiger partial charge in [-0.15, -0.1) is 0 Å². The maximum Gasteiger partial charge on any atom is 0.408 e. The van der Waals surface area contributed by atoms with Gasteiger partial charge in [-0.1, -0.05) is 40.0 Å². The van der Waals surface area contributed by atoms with Crippen LogP contribution in [0.25, 0.3) is 11.3 Å². The lowest BCUT2D eigenvalue weighted by Gasteiger charge is -2.40. The zero-order valence-corrected chi connectivity index (χ0v) is 19.9. The van der Waals surface area contributed by atoms with Gasteiger partial charge in [0.1, 0.15) is 22.4 Å². The van der Waals surface area contributed by atoms with Crippen molar-refractivity contribution in [2.24, 2.45) is 0 Å². The molecule has 1 saturated carbocycles. The second-order valence-corrected chi connectivity index (χ2v) is 9.51. The van der Waals surface area contributed by atoms with E-state index in [1.165, 1.54) is 12.1 Å². The van der Waals surface area contributed by atoms with E-state index in [0.717, 1.165) is 6.42 Å². The minimum atomic E-state index is -0.957. The van der Waals surface area contributed by atoms with Crippen LogP contribution >= 0.6 is 34.8 Å². The van der Waals surface area contributed by atoms with Gasteiger partial charge in [-0.3, -0.25) is 0 Å². The highest BCUT2D eigenvalue weighted by Crippen LogP contribution is 2.47. The average molecular weight is 490 g/mol. The largest absolute Gasteiger partial charge is 0.462 e. The lowest BCUT2D eigenvalue weighted by atomic mass is 9.73. The third kappa shape index (κ3) is 4.94. The summed E-state index contributed by atoms with van der Waals surface area (Å²) in [4.78, 5) is 25.4. The first-order chi connectivity index (χ1) is 14.5. The second-order valence-electron chi connectivity index (χ2n) is 8.26. The van der Waals surface area contributed by atoms with Crippen LogP contribution in [-0.2, 0) is 15.0 Å². The van der Waals surface area contributed by atoms with Gasteiger partial charge in [0.15, 0.2) is 5.76 Å². The number of carbonyl (C=O) groups is 2. The molecule has 1 aliphatic rings. The second kappa shape index (κ2) is 8.88. The fourth-order valence-corrected chi connectivity index (χ4v) is 4.38. The maximum absolute atomic E-state index is 12.9. The van der Waals surface area contributed by atoms with Crippen LogP contribution in [0.1, 0.15) is 63.1 Å².